The average Bonchev–Trinajstić information content (AvgIpc) is 2.95. The number of rotatable bonds is 13. The van der Waals surface area contributed by atoms with Crippen molar-refractivity contribution in [2.24, 2.45) is 5.92 Å². The monoisotopic (exact) mass is 617 g/mol. The van der Waals surface area contributed by atoms with Gasteiger partial charge in [-0.2, -0.15) is 0 Å². The number of carbonyl (C=O) groups is 3. The minimum atomic E-state index is -3.50. The van der Waals surface area contributed by atoms with E-state index in [4.69, 9.17) is 10.5 Å². The summed E-state index contributed by atoms with van der Waals surface area (Å²) in [5.74, 6) is -0.931. The number of benzene rings is 2. The van der Waals surface area contributed by atoms with Crippen LogP contribution in [0.4, 0.5) is 17.1 Å². The smallest absolute Gasteiger partial charge is 0.258 e. The Hall–Kier alpha value is -3.68. The molecule has 1 aliphatic heterocycles. The van der Waals surface area contributed by atoms with Gasteiger partial charge in [-0.05, 0) is 44.0 Å². The number of hydrogen-bond donors (Lipinski definition) is 4. The van der Waals surface area contributed by atoms with Crippen molar-refractivity contribution in [2.75, 3.05) is 49.4 Å². The predicted octanol–water partition coefficient (Wildman–Crippen LogP) is 2.91. The maximum Gasteiger partial charge on any atom is 0.258 e. The molecule has 0 unspecified atom stereocenters. The fourth-order valence-corrected chi connectivity index (χ4v) is 5.15. The molecular weight excluding hydrogens is 574 g/mol. The van der Waals surface area contributed by atoms with Crippen LogP contribution < -0.4 is 21.1 Å². The summed E-state index contributed by atoms with van der Waals surface area (Å²) in [4.78, 5) is 40.3. The number of anilines is 3. The molecule has 13 heteroatoms. The van der Waals surface area contributed by atoms with Gasteiger partial charge in [0.1, 0.15) is 6.10 Å². The number of nitrogen functional groups attached to an aromatic ring is 1. The van der Waals surface area contributed by atoms with Crippen molar-refractivity contribution >= 4 is 44.8 Å². The lowest BCUT2D eigenvalue weighted by atomic mass is 9.99. The summed E-state index contributed by atoms with van der Waals surface area (Å²) in [5, 5.41) is 15.5. The number of aliphatic hydroxyl groups is 1. The molecule has 3 rings (SSSR count). The largest absolute Gasteiger partial charge is 0.486 e. The molecule has 0 radical (unpaired) electrons. The standard InChI is InChI=1S/C30H43N5O7S/c1-20-17-35(21(2)19-36)30(39)22-11-10-14-25(29(22)42-26(20)18-34(3)43(4,40)41)33-28(38)16-7-5-6-15-27(37)32-24-13-9-8-12-23(24)31/h8-14,20-21,26,36H,5-7,15-19,31H2,1-4H3,(H,32,37)(H,33,38)/t20-,21-,26-/m0/s1. The van der Waals surface area contributed by atoms with E-state index in [1.54, 1.807) is 54.3 Å². The molecule has 236 valence electrons. The Morgan fingerprint density at radius 1 is 1.07 bits per heavy atom. The van der Waals surface area contributed by atoms with E-state index in [2.05, 4.69) is 10.6 Å². The second-order valence-electron chi connectivity index (χ2n) is 11.1. The number of unbranched alkanes of at least 4 members (excludes halogenated alkanes) is 2. The van der Waals surface area contributed by atoms with Crippen molar-refractivity contribution in [2.45, 2.75) is 58.1 Å². The Morgan fingerprint density at radius 2 is 1.67 bits per heavy atom. The van der Waals surface area contributed by atoms with Gasteiger partial charge in [0.2, 0.25) is 21.8 Å². The van der Waals surface area contributed by atoms with Crippen molar-refractivity contribution in [3.8, 4) is 5.75 Å². The van der Waals surface area contributed by atoms with Crippen LogP contribution in [0, 0.1) is 5.92 Å². The van der Waals surface area contributed by atoms with Gasteiger partial charge >= 0.3 is 0 Å². The van der Waals surface area contributed by atoms with Gasteiger partial charge in [-0.1, -0.05) is 31.5 Å². The molecule has 2 aromatic rings. The van der Waals surface area contributed by atoms with Crippen LogP contribution in [0.5, 0.6) is 5.75 Å². The van der Waals surface area contributed by atoms with E-state index < -0.39 is 22.2 Å². The first kappa shape index (κ1) is 33.8. The molecule has 3 atom stereocenters. The molecule has 0 aliphatic carbocycles. The highest BCUT2D eigenvalue weighted by Gasteiger charge is 2.35. The number of likely N-dealkylation sites (N-methyl/N-ethyl adjacent to an activating group) is 1. The van der Waals surface area contributed by atoms with Crippen molar-refractivity contribution in [3.63, 3.8) is 0 Å². The minimum Gasteiger partial charge on any atom is -0.486 e. The van der Waals surface area contributed by atoms with Crippen LogP contribution in [0.1, 0.15) is 56.3 Å². The number of fused-ring (bicyclic) bond motifs is 1. The average molecular weight is 618 g/mol. The molecule has 0 saturated heterocycles. The fraction of sp³-hybridized carbons (Fsp3) is 0.500. The lowest BCUT2D eigenvalue weighted by Crippen LogP contribution is -2.50. The molecule has 0 fully saturated rings. The zero-order valence-corrected chi connectivity index (χ0v) is 26.0. The molecule has 43 heavy (non-hydrogen) atoms. The third kappa shape index (κ3) is 9.40. The molecule has 0 saturated carbocycles. The van der Waals surface area contributed by atoms with Crippen LogP contribution in [0.25, 0.3) is 0 Å². The highest BCUT2D eigenvalue weighted by atomic mass is 32.2. The molecule has 3 amide bonds. The Morgan fingerprint density at radius 3 is 2.28 bits per heavy atom. The maximum absolute atomic E-state index is 13.6. The molecule has 0 spiro atoms. The van der Waals surface area contributed by atoms with Gasteiger partial charge in [-0.15, -0.1) is 0 Å². The molecular formula is C30H43N5O7S. The minimum absolute atomic E-state index is 0.0295. The number of nitrogens with one attached hydrogen (secondary N) is 2. The summed E-state index contributed by atoms with van der Waals surface area (Å²) in [5.41, 5.74) is 7.43. The van der Waals surface area contributed by atoms with E-state index in [-0.39, 0.29) is 61.1 Å². The Labute approximate surface area is 253 Å². The number of nitrogens with two attached hydrogens (primary N) is 1. The van der Waals surface area contributed by atoms with Gasteiger partial charge in [0, 0.05) is 32.4 Å². The number of ether oxygens (including phenoxy) is 1. The summed E-state index contributed by atoms with van der Waals surface area (Å²) in [6.45, 7) is 3.61. The van der Waals surface area contributed by atoms with E-state index in [0.717, 1.165) is 6.26 Å². The van der Waals surface area contributed by atoms with Crippen molar-refractivity contribution in [3.05, 3.63) is 48.0 Å². The van der Waals surface area contributed by atoms with Crippen LogP contribution in [-0.4, -0.2) is 85.6 Å². The third-order valence-corrected chi connectivity index (χ3v) is 8.79. The third-order valence-electron chi connectivity index (χ3n) is 7.51. The molecule has 0 bridgehead atoms. The zero-order valence-electron chi connectivity index (χ0n) is 25.2. The summed E-state index contributed by atoms with van der Waals surface area (Å²) in [7, 11) is -2.05. The number of aliphatic hydroxyl groups excluding tert-OH is 1. The van der Waals surface area contributed by atoms with Gasteiger partial charge in [-0.25, -0.2) is 12.7 Å². The first-order chi connectivity index (χ1) is 20.3. The molecule has 1 heterocycles. The van der Waals surface area contributed by atoms with Crippen LogP contribution in [0.3, 0.4) is 0 Å². The number of sulfonamides is 1. The summed E-state index contributed by atoms with van der Waals surface area (Å²) in [6, 6.07) is 11.4. The van der Waals surface area contributed by atoms with Crippen LogP contribution >= 0.6 is 0 Å². The molecule has 5 N–H and O–H groups in total. The Kier molecular flexibility index (Phi) is 11.9. The predicted molar refractivity (Wildman–Crippen MR) is 166 cm³/mol. The molecule has 12 nitrogen and oxygen atoms in total. The van der Waals surface area contributed by atoms with Gasteiger partial charge < -0.3 is 31.1 Å². The van der Waals surface area contributed by atoms with Crippen molar-refractivity contribution in [1.29, 1.82) is 0 Å². The number of nitrogens with zero attached hydrogens (tertiary/aromatic N) is 2. The molecule has 2 aromatic carbocycles. The highest BCUT2D eigenvalue weighted by molar-refractivity contribution is 7.88. The first-order valence-corrected chi connectivity index (χ1v) is 16.2. The summed E-state index contributed by atoms with van der Waals surface area (Å²) >= 11 is 0. The topological polar surface area (TPSA) is 171 Å². The lowest BCUT2D eigenvalue weighted by Gasteiger charge is -2.38. The van der Waals surface area contributed by atoms with Crippen LogP contribution in [0.15, 0.2) is 42.5 Å². The first-order valence-electron chi connectivity index (χ1n) is 14.4. The normalized spacial score (nSPS) is 17.8. The van der Waals surface area contributed by atoms with Crippen molar-refractivity contribution < 1.29 is 32.6 Å². The summed E-state index contributed by atoms with van der Waals surface area (Å²) in [6.07, 6.45) is 2.74. The van der Waals surface area contributed by atoms with E-state index >= 15 is 0 Å². The number of hydrogen-bond acceptors (Lipinski definition) is 8. The zero-order chi connectivity index (χ0) is 31.7. The van der Waals surface area contributed by atoms with Gasteiger partial charge in [-0.3, -0.25) is 14.4 Å². The van der Waals surface area contributed by atoms with Crippen LogP contribution in [0.2, 0.25) is 0 Å². The SMILES string of the molecule is C[C@H]1CN([C@@H](C)CO)C(=O)c2cccc(NC(=O)CCCCCC(=O)Nc3ccccc3N)c2O[C@H]1CN(C)S(C)(=O)=O. The Balaban J connectivity index is 1.68. The second-order valence-corrected chi connectivity index (χ2v) is 13.2. The number of carbonyl (C=O) groups excluding carboxylic acids is 3. The van der Waals surface area contributed by atoms with Gasteiger partial charge in [0.25, 0.3) is 5.91 Å². The van der Waals surface area contributed by atoms with Gasteiger partial charge in [0.15, 0.2) is 5.75 Å². The van der Waals surface area contributed by atoms with E-state index in [1.807, 2.05) is 6.92 Å². The quantitative estimate of drug-likeness (QED) is 0.196. The van der Waals surface area contributed by atoms with Gasteiger partial charge in [0.05, 0.1) is 48.1 Å². The van der Waals surface area contributed by atoms with E-state index in [0.29, 0.717) is 42.7 Å². The summed E-state index contributed by atoms with van der Waals surface area (Å²) < 4.78 is 31.8. The Bertz CT molecular complexity index is 1400. The lowest BCUT2D eigenvalue weighted by molar-refractivity contribution is -0.116. The van der Waals surface area contributed by atoms with E-state index in [1.165, 1.54) is 11.4 Å². The molecule has 1 aliphatic rings. The second kappa shape index (κ2) is 15.2. The highest BCUT2D eigenvalue weighted by Crippen LogP contribution is 2.35. The maximum atomic E-state index is 13.6. The molecule has 0 aromatic heterocycles. The van der Waals surface area contributed by atoms with Crippen molar-refractivity contribution in [1.82, 2.24) is 9.21 Å². The fourth-order valence-electron chi connectivity index (χ4n) is 4.73. The number of para-hydroxylation sites is 3. The van der Waals surface area contributed by atoms with E-state index in [9.17, 15) is 27.9 Å². The number of amides is 3. The van der Waals surface area contributed by atoms with Crippen LogP contribution in [-0.2, 0) is 19.6 Å².